The van der Waals surface area contributed by atoms with Crippen LogP contribution in [0.25, 0.3) is 0 Å². The van der Waals surface area contributed by atoms with Gasteiger partial charge < -0.3 is 10.2 Å². The molecule has 130 valence electrons. The lowest BCUT2D eigenvalue weighted by atomic mass is 10.1. The molecular formula is C19H21FN4O. The summed E-state index contributed by atoms with van der Waals surface area (Å²) in [6.07, 6.45) is 5.39. The third kappa shape index (κ3) is 5.04. The average molecular weight is 340 g/mol. The monoisotopic (exact) mass is 340 g/mol. The van der Waals surface area contributed by atoms with Crippen molar-refractivity contribution in [2.24, 2.45) is 5.10 Å². The molecule has 6 heteroatoms. The number of amides is 2. The molecule has 1 aliphatic heterocycles. The maximum absolute atomic E-state index is 12.8. The van der Waals surface area contributed by atoms with E-state index in [-0.39, 0.29) is 5.82 Å². The Hall–Kier alpha value is -2.89. The van der Waals surface area contributed by atoms with Crippen molar-refractivity contribution >= 4 is 23.6 Å². The first kappa shape index (κ1) is 17.0. The van der Waals surface area contributed by atoms with E-state index < -0.39 is 6.03 Å². The van der Waals surface area contributed by atoms with Gasteiger partial charge in [0.1, 0.15) is 5.82 Å². The third-order valence-corrected chi connectivity index (χ3v) is 4.10. The molecule has 0 atom stereocenters. The number of nitrogens with one attached hydrogen (secondary N) is 2. The van der Waals surface area contributed by atoms with Gasteiger partial charge in [0, 0.05) is 24.5 Å². The molecule has 0 aromatic heterocycles. The van der Waals surface area contributed by atoms with Crippen LogP contribution in [0, 0.1) is 5.82 Å². The van der Waals surface area contributed by atoms with E-state index in [1.807, 2.05) is 12.1 Å². The highest BCUT2D eigenvalue weighted by Crippen LogP contribution is 2.19. The molecule has 0 saturated carbocycles. The molecule has 25 heavy (non-hydrogen) atoms. The normalized spacial score (nSPS) is 14.5. The van der Waals surface area contributed by atoms with Crippen LogP contribution in [0.1, 0.15) is 24.8 Å². The predicted molar refractivity (Wildman–Crippen MR) is 98.7 cm³/mol. The van der Waals surface area contributed by atoms with Crippen LogP contribution in [0.2, 0.25) is 0 Å². The number of halogens is 1. The molecule has 1 saturated heterocycles. The van der Waals surface area contributed by atoms with E-state index >= 15 is 0 Å². The largest absolute Gasteiger partial charge is 0.372 e. The van der Waals surface area contributed by atoms with Crippen LogP contribution in [0.4, 0.5) is 20.6 Å². The highest BCUT2D eigenvalue weighted by molar-refractivity contribution is 5.90. The molecule has 0 aliphatic carbocycles. The summed E-state index contributed by atoms with van der Waals surface area (Å²) in [6.45, 7) is 2.22. The molecule has 1 heterocycles. The smallest absolute Gasteiger partial charge is 0.339 e. The van der Waals surface area contributed by atoms with Gasteiger partial charge in [-0.1, -0.05) is 12.1 Å². The topological polar surface area (TPSA) is 56.7 Å². The Labute approximate surface area is 146 Å². The van der Waals surface area contributed by atoms with Gasteiger partial charge in [-0.05, 0) is 61.2 Å². The molecule has 2 aromatic rings. The Bertz CT molecular complexity index is 722. The maximum atomic E-state index is 12.8. The zero-order chi connectivity index (χ0) is 17.5. The van der Waals surface area contributed by atoms with Crippen LogP contribution in [0.5, 0.6) is 0 Å². The van der Waals surface area contributed by atoms with E-state index in [4.69, 9.17) is 0 Å². The first-order valence-electron chi connectivity index (χ1n) is 8.41. The lowest BCUT2D eigenvalue weighted by molar-refractivity contribution is 0.252. The Kier molecular flexibility index (Phi) is 5.61. The maximum Gasteiger partial charge on any atom is 0.339 e. The Morgan fingerprint density at radius 3 is 2.36 bits per heavy atom. The van der Waals surface area contributed by atoms with Crippen molar-refractivity contribution in [2.45, 2.75) is 19.3 Å². The van der Waals surface area contributed by atoms with Gasteiger partial charge in [-0.2, -0.15) is 5.10 Å². The van der Waals surface area contributed by atoms with Crippen LogP contribution in [-0.2, 0) is 0 Å². The first-order chi connectivity index (χ1) is 12.2. The minimum absolute atomic E-state index is 0.350. The zero-order valence-electron chi connectivity index (χ0n) is 13.9. The average Bonchev–Trinajstić information content (AvgIpc) is 2.65. The summed E-state index contributed by atoms with van der Waals surface area (Å²) in [5, 5.41) is 6.49. The van der Waals surface area contributed by atoms with Crippen LogP contribution < -0.4 is 15.6 Å². The molecule has 2 aromatic carbocycles. The van der Waals surface area contributed by atoms with Gasteiger partial charge >= 0.3 is 6.03 Å². The number of hydrazone groups is 1. The highest BCUT2D eigenvalue weighted by atomic mass is 19.1. The second-order valence-electron chi connectivity index (χ2n) is 5.97. The third-order valence-electron chi connectivity index (χ3n) is 4.10. The number of anilines is 2. The van der Waals surface area contributed by atoms with Gasteiger partial charge in [0.05, 0.1) is 6.21 Å². The van der Waals surface area contributed by atoms with Gasteiger partial charge in [0.25, 0.3) is 0 Å². The van der Waals surface area contributed by atoms with Crippen molar-refractivity contribution in [3.8, 4) is 0 Å². The van der Waals surface area contributed by atoms with Gasteiger partial charge in [-0.15, -0.1) is 0 Å². The SMILES string of the molecule is O=C(N/N=C\c1ccc(N2CCCCC2)cc1)Nc1ccc(F)cc1. The van der Waals surface area contributed by atoms with E-state index in [1.165, 1.54) is 49.2 Å². The van der Waals surface area contributed by atoms with Crippen molar-refractivity contribution in [1.29, 1.82) is 0 Å². The van der Waals surface area contributed by atoms with Crippen molar-refractivity contribution in [3.05, 3.63) is 59.9 Å². The van der Waals surface area contributed by atoms with Gasteiger partial charge in [0.2, 0.25) is 0 Å². The molecule has 3 rings (SSSR count). The van der Waals surface area contributed by atoms with Crippen LogP contribution in [0.3, 0.4) is 0 Å². The van der Waals surface area contributed by atoms with Gasteiger partial charge in [-0.3, -0.25) is 0 Å². The van der Waals surface area contributed by atoms with Gasteiger partial charge in [0.15, 0.2) is 0 Å². The van der Waals surface area contributed by atoms with Crippen molar-refractivity contribution in [3.63, 3.8) is 0 Å². The number of carbonyl (C=O) groups excluding carboxylic acids is 1. The molecule has 0 unspecified atom stereocenters. The number of urea groups is 1. The highest BCUT2D eigenvalue weighted by Gasteiger charge is 2.10. The van der Waals surface area contributed by atoms with Gasteiger partial charge in [-0.25, -0.2) is 14.6 Å². The van der Waals surface area contributed by atoms with Crippen molar-refractivity contribution in [1.82, 2.24) is 5.43 Å². The number of benzene rings is 2. The number of hydrogen-bond acceptors (Lipinski definition) is 3. The molecule has 0 spiro atoms. The number of nitrogens with zero attached hydrogens (tertiary/aromatic N) is 2. The molecule has 0 bridgehead atoms. The Morgan fingerprint density at radius 1 is 1.00 bits per heavy atom. The number of hydrogen-bond donors (Lipinski definition) is 2. The summed E-state index contributed by atoms with van der Waals surface area (Å²) in [7, 11) is 0. The van der Waals surface area contributed by atoms with E-state index in [9.17, 15) is 9.18 Å². The number of carbonyl (C=O) groups is 1. The fourth-order valence-corrected chi connectivity index (χ4v) is 2.78. The predicted octanol–water partition coefficient (Wildman–Crippen LogP) is 3.97. The molecule has 0 radical (unpaired) electrons. The van der Waals surface area contributed by atoms with E-state index in [0.29, 0.717) is 5.69 Å². The summed E-state index contributed by atoms with van der Waals surface area (Å²) in [5.74, 6) is -0.350. The van der Waals surface area contributed by atoms with Crippen molar-refractivity contribution < 1.29 is 9.18 Å². The summed E-state index contributed by atoms with van der Waals surface area (Å²) < 4.78 is 12.8. The van der Waals surface area contributed by atoms with E-state index in [0.717, 1.165) is 18.7 Å². The minimum Gasteiger partial charge on any atom is -0.372 e. The quantitative estimate of drug-likeness (QED) is 0.653. The molecule has 1 fully saturated rings. The molecule has 2 N–H and O–H groups in total. The molecule has 5 nitrogen and oxygen atoms in total. The number of piperidine rings is 1. The van der Waals surface area contributed by atoms with E-state index in [1.54, 1.807) is 6.21 Å². The van der Waals surface area contributed by atoms with E-state index in [2.05, 4.69) is 32.9 Å². The Morgan fingerprint density at radius 2 is 1.68 bits per heavy atom. The first-order valence-corrected chi connectivity index (χ1v) is 8.41. The Balaban J connectivity index is 1.49. The lowest BCUT2D eigenvalue weighted by Crippen LogP contribution is -2.29. The second-order valence-corrected chi connectivity index (χ2v) is 5.97. The molecular weight excluding hydrogens is 319 g/mol. The molecule has 1 aliphatic rings. The summed E-state index contributed by atoms with van der Waals surface area (Å²) in [5.41, 5.74) is 5.01. The minimum atomic E-state index is -0.479. The summed E-state index contributed by atoms with van der Waals surface area (Å²) >= 11 is 0. The van der Waals surface area contributed by atoms with Crippen molar-refractivity contribution in [2.75, 3.05) is 23.3 Å². The standard InChI is InChI=1S/C19H21FN4O/c20-16-6-8-17(9-7-16)22-19(25)23-21-14-15-4-10-18(11-5-15)24-12-2-1-3-13-24/h4-11,14H,1-3,12-13H2,(H2,22,23,25)/b21-14-. The fourth-order valence-electron chi connectivity index (χ4n) is 2.78. The lowest BCUT2D eigenvalue weighted by Gasteiger charge is -2.28. The number of rotatable bonds is 4. The summed E-state index contributed by atoms with van der Waals surface area (Å²) in [4.78, 5) is 14.1. The summed E-state index contributed by atoms with van der Waals surface area (Å²) in [6, 6.07) is 13.2. The van der Waals surface area contributed by atoms with Crippen LogP contribution >= 0.6 is 0 Å². The fraction of sp³-hybridized carbons (Fsp3) is 0.263. The van der Waals surface area contributed by atoms with Crippen LogP contribution in [-0.4, -0.2) is 25.3 Å². The molecule has 2 amide bonds. The van der Waals surface area contributed by atoms with Crippen LogP contribution in [0.15, 0.2) is 53.6 Å². The second kappa shape index (κ2) is 8.28. The zero-order valence-corrected chi connectivity index (χ0v) is 13.9.